The Morgan fingerprint density at radius 2 is 1.86 bits per heavy atom. The van der Waals surface area contributed by atoms with Crippen molar-refractivity contribution in [2.24, 2.45) is 0 Å². The summed E-state index contributed by atoms with van der Waals surface area (Å²) >= 11 is 0. The van der Waals surface area contributed by atoms with Crippen LogP contribution in [0.15, 0.2) is 41.2 Å². The number of rotatable bonds is 5. The first kappa shape index (κ1) is 15.9. The van der Waals surface area contributed by atoms with E-state index in [4.69, 9.17) is 0 Å². The van der Waals surface area contributed by atoms with Crippen LogP contribution in [0.2, 0.25) is 0 Å². The molecule has 0 radical (unpaired) electrons. The van der Waals surface area contributed by atoms with E-state index in [2.05, 4.69) is 10.4 Å². The van der Waals surface area contributed by atoms with E-state index in [0.717, 1.165) is 18.5 Å². The first-order chi connectivity index (χ1) is 10.6. The molecule has 116 valence electrons. The molecule has 1 amide bonds. The summed E-state index contributed by atoms with van der Waals surface area (Å²) in [6.45, 7) is 5.79. The number of para-hydroxylation sites is 1. The molecule has 0 saturated carbocycles. The molecule has 22 heavy (non-hydrogen) atoms. The summed E-state index contributed by atoms with van der Waals surface area (Å²) in [5.41, 5.74) is 1.08. The number of carbonyl (C=O) groups is 1. The summed E-state index contributed by atoms with van der Waals surface area (Å²) in [5.74, 6) is -0.414. The van der Waals surface area contributed by atoms with Gasteiger partial charge in [-0.2, -0.15) is 5.10 Å². The molecule has 1 aromatic heterocycles. The van der Waals surface area contributed by atoms with Gasteiger partial charge in [0.2, 0.25) is 5.43 Å². The van der Waals surface area contributed by atoms with Crippen molar-refractivity contribution in [3.05, 3.63) is 58.0 Å². The zero-order valence-electron chi connectivity index (χ0n) is 13.2. The van der Waals surface area contributed by atoms with Crippen molar-refractivity contribution in [1.82, 2.24) is 15.1 Å². The van der Waals surface area contributed by atoms with Gasteiger partial charge in [0.25, 0.3) is 5.91 Å². The maximum atomic E-state index is 12.3. The molecule has 0 fully saturated rings. The Kier molecular flexibility index (Phi) is 5.09. The summed E-state index contributed by atoms with van der Waals surface area (Å²) in [4.78, 5) is 24.4. The lowest BCUT2D eigenvalue weighted by molar-refractivity contribution is 0.0927. The quantitative estimate of drug-likeness (QED) is 0.922. The predicted molar refractivity (Wildman–Crippen MR) is 86.4 cm³/mol. The highest BCUT2D eigenvalue weighted by atomic mass is 16.2. The van der Waals surface area contributed by atoms with Gasteiger partial charge < -0.3 is 5.32 Å². The van der Waals surface area contributed by atoms with Gasteiger partial charge in [-0.25, -0.2) is 4.68 Å². The van der Waals surface area contributed by atoms with Crippen LogP contribution >= 0.6 is 0 Å². The topological polar surface area (TPSA) is 64.0 Å². The standard InChI is InChI=1S/C17H21N3O2/c1-4-13(5-2)18-17(22)16-15(21)11-12(3)20(19-16)14-9-7-6-8-10-14/h6-11,13H,4-5H2,1-3H3,(H,18,22). The highest BCUT2D eigenvalue weighted by molar-refractivity contribution is 5.92. The van der Waals surface area contributed by atoms with Crippen LogP contribution in [-0.4, -0.2) is 21.7 Å². The molecule has 0 aliphatic carbocycles. The molecular formula is C17H21N3O2. The minimum absolute atomic E-state index is 0.0557. The highest BCUT2D eigenvalue weighted by Gasteiger charge is 2.17. The van der Waals surface area contributed by atoms with Crippen LogP contribution in [0.5, 0.6) is 0 Å². The first-order valence-electron chi connectivity index (χ1n) is 7.54. The maximum absolute atomic E-state index is 12.3. The molecular weight excluding hydrogens is 278 g/mol. The van der Waals surface area contributed by atoms with Gasteiger partial charge in [0.1, 0.15) is 0 Å². The number of carbonyl (C=O) groups excluding carboxylic acids is 1. The van der Waals surface area contributed by atoms with Crippen LogP contribution in [0.1, 0.15) is 42.9 Å². The van der Waals surface area contributed by atoms with Crippen LogP contribution in [-0.2, 0) is 0 Å². The van der Waals surface area contributed by atoms with Gasteiger partial charge in [0, 0.05) is 17.8 Å². The van der Waals surface area contributed by atoms with Crippen molar-refractivity contribution in [1.29, 1.82) is 0 Å². The smallest absolute Gasteiger partial charge is 0.276 e. The largest absolute Gasteiger partial charge is 0.348 e. The molecule has 5 heteroatoms. The summed E-state index contributed by atoms with van der Waals surface area (Å²) in [6, 6.07) is 10.9. The average Bonchev–Trinajstić information content (AvgIpc) is 2.53. The van der Waals surface area contributed by atoms with Gasteiger partial charge in [0.15, 0.2) is 5.69 Å². The third kappa shape index (κ3) is 3.42. The minimum atomic E-state index is -0.414. The number of aryl methyl sites for hydroxylation is 1. The van der Waals surface area contributed by atoms with Crippen LogP contribution in [0, 0.1) is 6.92 Å². The molecule has 0 atom stereocenters. The Bertz CT molecular complexity index is 704. The third-order valence-electron chi connectivity index (χ3n) is 3.64. The lowest BCUT2D eigenvalue weighted by Crippen LogP contribution is -2.38. The summed E-state index contributed by atoms with van der Waals surface area (Å²) in [5, 5.41) is 7.11. The molecule has 1 heterocycles. The Balaban J connectivity index is 2.41. The Morgan fingerprint density at radius 1 is 1.23 bits per heavy atom. The second kappa shape index (κ2) is 7.02. The first-order valence-corrected chi connectivity index (χ1v) is 7.54. The van der Waals surface area contributed by atoms with Gasteiger partial charge in [-0.1, -0.05) is 32.0 Å². The van der Waals surface area contributed by atoms with Crippen LogP contribution in [0.3, 0.4) is 0 Å². The molecule has 0 spiro atoms. The Morgan fingerprint density at radius 3 is 2.45 bits per heavy atom. The number of amides is 1. The van der Waals surface area contributed by atoms with Gasteiger partial charge >= 0.3 is 0 Å². The molecule has 1 N–H and O–H groups in total. The SMILES string of the molecule is CCC(CC)NC(=O)c1nn(-c2ccccc2)c(C)cc1=O. The third-order valence-corrected chi connectivity index (χ3v) is 3.64. The number of hydrogen-bond donors (Lipinski definition) is 1. The van der Waals surface area contributed by atoms with E-state index in [1.807, 2.05) is 44.2 Å². The van der Waals surface area contributed by atoms with Crippen molar-refractivity contribution < 1.29 is 4.79 Å². The van der Waals surface area contributed by atoms with Crippen LogP contribution in [0.25, 0.3) is 5.69 Å². The van der Waals surface area contributed by atoms with Gasteiger partial charge in [-0.3, -0.25) is 9.59 Å². The predicted octanol–water partition coefficient (Wildman–Crippen LogP) is 2.46. The lowest BCUT2D eigenvalue weighted by atomic mass is 10.1. The Hall–Kier alpha value is -2.43. The molecule has 0 bridgehead atoms. The van der Waals surface area contributed by atoms with E-state index in [1.165, 1.54) is 6.07 Å². The van der Waals surface area contributed by atoms with E-state index < -0.39 is 5.91 Å². The summed E-state index contributed by atoms with van der Waals surface area (Å²) in [7, 11) is 0. The number of benzene rings is 1. The monoisotopic (exact) mass is 299 g/mol. The molecule has 5 nitrogen and oxygen atoms in total. The minimum Gasteiger partial charge on any atom is -0.348 e. The van der Waals surface area contributed by atoms with Crippen molar-refractivity contribution in [3.63, 3.8) is 0 Å². The molecule has 0 unspecified atom stereocenters. The van der Waals surface area contributed by atoms with E-state index >= 15 is 0 Å². The second-order valence-corrected chi connectivity index (χ2v) is 5.23. The fourth-order valence-electron chi connectivity index (χ4n) is 2.28. The zero-order valence-corrected chi connectivity index (χ0v) is 13.2. The van der Waals surface area contributed by atoms with Crippen molar-refractivity contribution in [3.8, 4) is 5.69 Å². The molecule has 2 aromatic rings. The van der Waals surface area contributed by atoms with E-state index in [9.17, 15) is 9.59 Å². The van der Waals surface area contributed by atoms with Crippen molar-refractivity contribution in [2.45, 2.75) is 39.7 Å². The van der Waals surface area contributed by atoms with Gasteiger partial charge in [0.05, 0.1) is 5.69 Å². The molecule has 1 aromatic carbocycles. The maximum Gasteiger partial charge on any atom is 0.276 e. The number of nitrogens with zero attached hydrogens (tertiary/aromatic N) is 2. The summed E-state index contributed by atoms with van der Waals surface area (Å²) in [6.07, 6.45) is 1.64. The normalized spacial score (nSPS) is 10.7. The molecule has 0 aliphatic rings. The number of nitrogens with one attached hydrogen (secondary N) is 1. The lowest BCUT2D eigenvalue weighted by Gasteiger charge is -2.15. The number of aromatic nitrogens is 2. The number of hydrogen-bond acceptors (Lipinski definition) is 3. The van der Waals surface area contributed by atoms with E-state index in [-0.39, 0.29) is 17.2 Å². The zero-order chi connectivity index (χ0) is 16.1. The summed E-state index contributed by atoms with van der Waals surface area (Å²) < 4.78 is 1.61. The Labute approximate surface area is 130 Å². The van der Waals surface area contributed by atoms with Crippen LogP contribution in [0.4, 0.5) is 0 Å². The van der Waals surface area contributed by atoms with Gasteiger partial charge in [-0.05, 0) is 31.9 Å². The molecule has 2 rings (SSSR count). The second-order valence-electron chi connectivity index (χ2n) is 5.23. The van der Waals surface area contributed by atoms with E-state index in [0.29, 0.717) is 5.69 Å². The highest BCUT2D eigenvalue weighted by Crippen LogP contribution is 2.08. The van der Waals surface area contributed by atoms with Crippen LogP contribution < -0.4 is 10.7 Å². The molecule has 0 aliphatic heterocycles. The van der Waals surface area contributed by atoms with Gasteiger partial charge in [-0.15, -0.1) is 0 Å². The average molecular weight is 299 g/mol. The molecule has 0 saturated heterocycles. The van der Waals surface area contributed by atoms with Crippen molar-refractivity contribution >= 4 is 5.91 Å². The fourth-order valence-corrected chi connectivity index (χ4v) is 2.28. The van der Waals surface area contributed by atoms with E-state index in [1.54, 1.807) is 11.6 Å². The fraction of sp³-hybridized carbons (Fsp3) is 0.353. The van der Waals surface area contributed by atoms with Crippen molar-refractivity contribution in [2.75, 3.05) is 0 Å².